The summed E-state index contributed by atoms with van der Waals surface area (Å²) in [5, 5.41) is 0. The van der Waals surface area contributed by atoms with Gasteiger partial charge in [-0.1, -0.05) is 3.82 Å². The Bertz CT molecular complexity index is 169. The SMILES string of the molecule is O=S(=S)(NCl)N(Cl)CF. The predicted molar refractivity (Wildman–Crippen MR) is 38.2 cm³/mol. The number of hydrogen-bond donors (Lipinski definition) is 1. The molecule has 56 valence electrons. The van der Waals surface area contributed by atoms with Gasteiger partial charge in [-0.3, -0.25) is 0 Å². The fourth-order valence-corrected chi connectivity index (χ4v) is 0.884. The van der Waals surface area contributed by atoms with Crippen molar-refractivity contribution < 1.29 is 8.60 Å². The van der Waals surface area contributed by atoms with Crippen LogP contribution in [0.25, 0.3) is 0 Å². The zero-order valence-electron chi connectivity index (χ0n) is 4.01. The average molecular weight is 213 g/mol. The maximum Gasteiger partial charge on any atom is 0.185 e. The molecular formula is CH3Cl2FN2OS2. The van der Waals surface area contributed by atoms with Crippen molar-refractivity contribution in [2.24, 2.45) is 0 Å². The normalized spacial score (nSPS) is 17.8. The van der Waals surface area contributed by atoms with Crippen molar-refractivity contribution in [1.82, 2.24) is 8.07 Å². The highest BCUT2D eigenvalue weighted by atomic mass is 35.5. The first-order chi connectivity index (χ1) is 4.04. The Labute approximate surface area is 67.3 Å². The molecule has 0 amide bonds. The minimum absolute atomic E-state index is 0.273. The Morgan fingerprint density at radius 1 is 1.89 bits per heavy atom. The lowest BCUT2D eigenvalue weighted by molar-refractivity contribution is 0.399. The summed E-state index contributed by atoms with van der Waals surface area (Å²) >= 11 is 14.0. The first-order valence-corrected chi connectivity index (χ1v) is 4.82. The standard InChI is InChI=1S/CH3Cl2FN2OS2/c2-5-9(7,8)6(3)1-4/h5H,1H2. The summed E-state index contributed by atoms with van der Waals surface area (Å²) in [7, 11) is -3.18. The number of hydrogen-bond acceptors (Lipinski definition) is 2. The molecule has 0 aliphatic heterocycles. The molecule has 0 bridgehead atoms. The molecule has 0 heterocycles. The van der Waals surface area contributed by atoms with E-state index in [-0.39, 0.29) is 3.82 Å². The van der Waals surface area contributed by atoms with Crippen molar-refractivity contribution in [3.8, 4) is 0 Å². The van der Waals surface area contributed by atoms with Gasteiger partial charge in [-0.2, -0.15) is 0 Å². The van der Waals surface area contributed by atoms with Gasteiger partial charge in [0.1, 0.15) is 0 Å². The zero-order valence-corrected chi connectivity index (χ0v) is 7.16. The maximum absolute atomic E-state index is 11.5. The first kappa shape index (κ1) is 9.80. The molecule has 0 aromatic rings. The van der Waals surface area contributed by atoms with Crippen LogP contribution in [0, 0.1) is 0 Å². The highest BCUT2D eigenvalue weighted by Crippen LogP contribution is 2.02. The van der Waals surface area contributed by atoms with Gasteiger partial charge in [0.15, 0.2) is 15.7 Å². The molecule has 3 nitrogen and oxygen atoms in total. The third kappa shape index (κ3) is 2.92. The minimum atomic E-state index is -3.18. The van der Waals surface area contributed by atoms with E-state index in [0.29, 0.717) is 0 Å². The minimum Gasteiger partial charge on any atom is -0.231 e. The lowest BCUT2D eigenvalue weighted by Gasteiger charge is -2.08. The maximum atomic E-state index is 11.5. The van der Waals surface area contributed by atoms with Crippen molar-refractivity contribution in [2.45, 2.75) is 0 Å². The topological polar surface area (TPSA) is 32.3 Å². The molecule has 0 aromatic carbocycles. The molecular weight excluding hydrogens is 210 g/mol. The van der Waals surface area contributed by atoms with Crippen LogP contribution < -0.4 is 4.24 Å². The second kappa shape index (κ2) is 3.85. The van der Waals surface area contributed by atoms with Crippen molar-refractivity contribution in [3.63, 3.8) is 0 Å². The number of nitrogens with zero attached hydrogens (tertiary/aromatic N) is 1. The van der Waals surface area contributed by atoms with Gasteiger partial charge in [-0.05, 0) is 23.6 Å². The van der Waals surface area contributed by atoms with E-state index in [0.717, 1.165) is 0 Å². The molecule has 1 N–H and O–H groups in total. The first-order valence-electron chi connectivity index (χ1n) is 1.66. The van der Waals surface area contributed by atoms with Crippen LogP contribution in [0.2, 0.25) is 0 Å². The van der Waals surface area contributed by atoms with Gasteiger partial charge in [0, 0.05) is 11.2 Å². The van der Waals surface area contributed by atoms with E-state index in [2.05, 4.69) is 11.2 Å². The highest BCUT2D eigenvalue weighted by Gasteiger charge is 2.12. The van der Waals surface area contributed by atoms with E-state index in [1.54, 1.807) is 4.24 Å². The molecule has 9 heavy (non-hydrogen) atoms. The van der Waals surface area contributed by atoms with Crippen LogP contribution in [0.5, 0.6) is 0 Å². The fraction of sp³-hybridized carbons (Fsp3) is 1.00. The Morgan fingerprint density at radius 3 is 2.44 bits per heavy atom. The summed E-state index contributed by atoms with van der Waals surface area (Å²) in [6, 6.07) is 0. The second-order valence-electron chi connectivity index (χ2n) is 0.989. The molecule has 1 unspecified atom stereocenters. The van der Waals surface area contributed by atoms with Gasteiger partial charge < -0.3 is 0 Å². The van der Waals surface area contributed by atoms with E-state index >= 15 is 0 Å². The number of nitrogens with one attached hydrogen (secondary N) is 1. The molecule has 0 aromatic heterocycles. The van der Waals surface area contributed by atoms with Gasteiger partial charge in [-0.25, -0.2) is 8.60 Å². The Kier molecular flexibility index (Phi) is 4.19. The van der Waals surface area contributed by atoms with Crippen LogP contribution >= 0.6 is 23.6 Å². The highest BCUT2D eigenvalue weighted by molar-refractivity contribution is 8.31. The molecule has 0 saturated carbocycles. The van der Waals surface area contributed by atoms with E-state index in [4.69, 9.17) is 23.6 Å². The zero-order chi connectivity index (χ0) is 7.49. The van der Waals surface area contributed by atoms with Gasteiger partial charge in [-0.15, -0.1) is 4.24 Å². The predicted octanol–water partition coefficient (Wildman–Crippen LogP) is 0.689. The largest absolute Gasteiger partial charge is 0.231 e. The molecule has 8 heteroatoms. The van der Waals surface area contributed by atoms with Gasteiger partial charge in [0.05, 0.1) is 0 Å². The van der Waals surface area contributed by atoms with Crippen LogP contribution in [0.15, 0.2) is 0 Å². The Hall–Kier alpha value is 0.800. The molecule has 0 fully saturated rings. The van der Waals surface area contributed by atoms with Gasteiger partial charge >= 0.3 is 0 Å². The number of rotatable bonds is 3. The van der Waals surface area contributed by atoms with Crippen LogP contribution in [-0.2, 0) is 20.1 Å². The molecule has 0 aliphatic rings. The molecule has 0 rings (SSSR count). The molecule has 0 aliphatic carbocycles. The average Bonchev–Trinajstić information content (AvgIpc) is 1.86. The van der Waals surface area contributed by atoms with Crippen molar-refractivity contribution >= 4 is 43.6 Å². The molecule has 0 radical (unpaired) electrons. The molecule has 1 atom stereocenters. The lowest BCUT2D eigenvalue weighted by Crippen LogP contribution is -2.27. The Morgan fingerprint density at radius 2 is 2.33 bits per heavy atom. The number of halogens is 3. The van der Waals surface area contributed by atoms with Crippen molar-refractivity contribution in [1.29, 1.82) is 0 Å². The quantitative estimate of drug-likeness (QED) is 0.552. The van der Waals surface area contributed by atoms with E-state index < -0.39 is 15.7 Å². The van der Waals surface area contributed by atoms with E-state index in [1.165, 1.54) is 0 Å². The molecule has 0 spiro atoms. The molecule has 0 saturated heterocycles. The van der Waals surface area contributed by atoms with Crippen LogP contribution in [0.1, 0.15) is 0 Å². The van der Waals surface area contributed by atoms with E-state index in [9.17, 15) is 8.60 Å². The van der Waals surface area contributed by atoms with Crippen molar-refractivity contribution in [2.75, 3.05) is 6.80 Å². The van der Waals surface area contributed by atoms with Crippen LogP contribution in [0.4, 0.5) is 4.39 Å². The Balaban J connectivity index is 4.17. The summed E-state index contributed by atoms with van der Waals surface area (Å²) < 4.78 is 24.1. The van der Waals surface area contributed by atoms with Crippen LogP contribution in [0.3, 0.4) is 0 Å². The summed E-state index contributed by atoms with van der Waals surface area (Å²) in [6.45, 7) is -1.12. The third-order valence-corrected chi connectivity index (χ3v) is 3.88. The van der Waals surface area contributed by atoms with Crippen LogP contribution in [-0.4, -0.2) is 14.8 Å². The smallest absolute Gasteiger partial charge is 0.185 e. The third-order valence-electron chi connectivity index (χ3n) is 0.452. The second-order valence-corrected chi connectivity index (χ2v) is 4.96. The van der Waals surface area contributed by atoms with Gasteiger partial charge in [0.2, 0.25) is 0 Å². The summed E-state index contributed by atoms with van der Waals surface area (Å²) in [4.78, 5) is 0. The summed E-state index contributed by atoms with van der Waals surface area (Å²) in [6.07, 6.45) is 0. The summed E-state index contributed by atoms with van der Waals surface area (Å²) in [5.41, 5.74) is 0. The van der Waals surface area contributed by atoms with E-state index in [1.807, 2.05) is 0 Å². The number of alkyl halides is 1. The fourth-order valence-electron chi connectivity index (χ4n) is 0.102. The van der Waals surface area contributed by atoms with Gasteiger partial charge in [0.25, 0.3) is 0 Å². The lowest BCUT2D eigenvalue weighted by atomic mass is 11.5. The van der Waals surface area contributed by atoms with Crippen molar-refractivity contribution in [3.05, 3.63) is 0 Å². The monoisotopic (exact) mass is 212 g/mol. The summed E-state index contributed by atoms with van der Waals surface area (Å²) in [5.74, 6) is 0.